The monoisotopic (exact) mass is 378 g/mol. The molecule has 0 bridgehead atoms. The summed E-state index contributed by atoms with van der Waals surface area (Å²) in [5.41, 5.74) is 4.91. The molecule has 1 heterocycles. The predicted molar refractivity (Wildman–Crippen MR) is 110 cm³/mol. The first kappa shape index (κ1) is 19.4. The maximum absolute atomic E-state index is 11.5. The standard InChI is InChI=1S/C22H22N2O4/c1-16(2)22(25)28-14-13-23-12-11-19-15-18(7-10-21(19)23)4-3-17-5-8-20(9-6-17)24(26)27/h3-10,15H,1,11-14H2,2H3/b4-3+. The maximum Gasteiger partial charge on any atom is 0.333 e. The molecule has 3 rings (SSSR count). The van der Waals surface area contributed by atoms with Crippen LogP contribution in [-0.2, 0) is 16.0 Å². The lowest BCUT2D eigenvalue weighted by atomic mass is 10.1. The zero-order valence-corrected chi connectivity index (χ0v) is 15.8. The first-order valence-electron chi connectivity index (χ1n) is 9.07. The number of nitrogens with zero attached hydrogens (tertiary/aromatic N) is 2. The van der Waals surface area contributed by atoms with Gasteiger partial charge in [0, 0.05) is 29.9 Å². The van der Waals surface area contributed by atoms with Crippen molar-refractivity contribution in [3.05, 3.63) is 81.4 Å². The molecule has 0 spiro atoms. The van der Waals surface area contributed by atoms with Crippen LogP contribution in [0.5, 0.6) is 0 Å². The second kappa shape index (κ2) is 8.52. The first-order chi connectivity index (χ1) is 13.4. The highest BCUT2D eigenvalue weighted by Gasteiger charge is 2.19. The number of fused-ring (bicyclic) bond motifs is 1. The van der Waals surface area contributed by atoms with Gasteiger partial charge in [-0.2, -0.15) is 0 Å². The molecule has 0 aromatic heterocycles. The number of carbonyl (C=O) groups is 1. The predicted octanol–water partition coefficient (Wildman–Crippen LogP) is 4.25. The summed E-state index contributed by atoms with van der Waals surface area (Å²) >= 11 is 0. The largest absolute Gasteiger partial charge is 0.460 e. The van der Waals surface area contributed by atoms with E-state index in [0.29, 0.717) is 18.7 Å². The molecule has 0 radical (unpaired) electrons. The Bertz CT molecular complexity index is 932. The fourth-order valence-corrected chi connectivity index (χ4v) is 3.10. The third-order valence-corrected chi connectivity index (χ3v) is 4.61. The number of esters is 1. The van der Waals surface area contributed by atoms with Crippen LogP contribution < -0.4 is 4.90 Å². The summed E-state index contributed by atoms with van der Waals surface area (Å²) in [6.07, 6.45) is 4.89. The van der Waals surface area contributed by atoms with Crippen molar-refractivity contribution in [1.82, 2.24) is 0 Å². The highest BCUT2D eigenvalue weighted by molar-refractivity contribution is 5.86. The van der Waals surface area contributed by atoms with E-state index in [9.17, 15) is 14.9 Å². The quantitative estimate of drug-likeness (QED) is 0.237. The number of rotatable bonds is 7. The van der Waals surface area contributed by atoms with Gasteiger partial charge in [0.15, 0.2) is 0 Å². The minimum Gasteiger partial charge on any atom is -0.460 e. The van der Waals surface area contributed by atoms with Gasteiger partial charge in [0.05, 0.1) is 11.5 Å². The molecule has 1 aliphatic rings. The number of anilines is 1. The molecule has 0 atom stereocenters. The molecule has 0 fully saturated rings. The van der Waals surface area contributed by atoms with Crippen LogP contribution in [0, 0.1) is 10.1 Å². The SMILES string of the molecule is C=C(C)C(=O)OCCN1CCc2cc(/C=C/c3ccc([N+](=O)[O-])cc3)ccc21. The third kappa shape index (κ3) is 4.65. The lowest BCUT2D eigenvalue weighted by Crippen LogP contribution is -2.26. The second-order valence-electron chi connectivity index (χ2n) is 6.72. The summed E-state index contributed by atoms with van der Waals surface area (Å²) in [5.74, 6) is -0.355. The lowest BCUT2D eigenvalue weighted by molar-refractivity contribution is -0.384. The Labute approximate surface area is 163 Å². The number of non-ortho nitro benzene ring substituents is 1. The van der Waals surface area contributed by atoms with E-state index in [-0.39, 0.29) is 11.7 Å². The number of nitro groups is 1. The van der Waals surface area contributed by atoms with Crippen LogP contribution in [0.25, 0.3) is 12.2 Å². The highest BCUT2D eigenvalue weighted by Crippen LogP contribution is 2.29. The van der Waals surface area contributed by atoms with Gasteiger partial charge in [-0.25, -0.2) is 4.79 Å². The summed E-state index contributed by atoms with van der Waals surface area (Å²) in [5, 5.41) is 10.7. The van der Waals surface area contributed by atoms with Crippen LogP contribution in [0.3, 0.4) is 0 Å². The normalized spacial score (nSPS) is 12.8. The third-order valence-electron chi connectivity index (χ3n) is 4.61. The molecule has 6 nitrogen and oxygen atoms in total. The molecule has 1 aliphatic heterocycles. The first-order valence-corrected chi connectivity index (χ1v) is 9.07. The fraction of sp³-hybridized carbons (Fsp3) is 0.227. The Morgan fingerprint density at radius 3 is 2.57 bits per heavy atom. The summed E-state index contributed by atoms with van der Waals surface area (Å²) in [7, 11) is 0. The Balaban J connectivity index is 1.61. The summed E-state index contributed by atoms with van der Waals surface area (Å²) < 4.78 is 5.18. The van der Waals surface area contributed by atoms with E-state index >= 15 is 0 Å². The Kier molecular flexibility index (Phi) is 5.89. The van der Waals surface area contributed by atoms with Gasteiger partial charge < -0.3 is 9.64 Å². The molecule has 144 valence electrons. The number of benzene rings is 2. The van der Waals surface area contributed by atoms with Gasteiger partial charge >= 0.3 is 5.97 Å². The van der Waals surface area contributed by atoms with E-state index < -0.39 is 4.92 Å². The summed E-state index contributed by atoms with van der Waals surface area (Å²) in [6, 6.07) is 12.7. The molecule has 0 unspecified atom stereocenters. The van der Waals surface area contributed by atoms with E-state index in [1.807, 2.05) is 18.2 Å². The Morgan fingerprint density at radius 1 is 1.21 bits per heavy atom. The number of hydrogen-bond acceptors (Lipinski definition) is 5. The van der Waals surface area contributed by atoms with Crippen LogP contribution in [-0.4, -0.2) is 30.6 Å². The van der Waals surface area contributed by atoms with E-state index in [2.05, 4.69) is 23.6 Å². The van der Waals surface area contributed by atoms with Crippen molar-refractivity contribution in [2.24, 2.45) is 0 Å². The molecule has 0 N–H and O–H groups in total. The smallest absolute Gasteiger partial charge is 0.333 e. The van der Waals surface area contributed by atoms with Crippen molar-refractivity contribution in [3.63, 3.8) is 0 Å². The number of ether oxygens (including phenoxy) is 1. The van der Waals surface area contributed by atoms with Crippen molar-refractivity contribution in [2.45, 2.75) is 13.3 Å². The van der Waals surface area contributed by atoms with Gasteiger partial charge in [0.1, 0.15) is 6.61 Å². The minimum atomic E-state index is -0.404. The Hall–Kier alpha value is -3.41. The molecular weight excluding hydrogens is 356 g/mol. The topological polar surface area (TPSA) is 72.7 Å². The maximum atomic E-state index is 11.5. The van der Waals surface area contributed by atoms with Crippen LogP contribution in [0.15, 0.2) is 54.6 Å². The fourth-order valence-electron chi connectivity index (χ4n) is 3.10. The molecular formula is C22H22N2O4. The number of carbonyl (C=O) groups excluding carboxylic acids is 1. The van der Waals surface area contributed by atoms with Crippen LogP contribution in [0.1, 0.15) is 23.6 Å². The van der Waals surface area contributed by atoms with Crippen LogP contribution in [0.4, 0.5) is 11.4 Å². The average Bonchev–Trinajstić information content (AvgIpc) is 3.08. The minimum absolute atomic E-state index is 0.0868. The molecule has 2 aromatic carbocycles. The van der Waals surface area contributed by atoms with E-state index in [1.165, 1.54) is 23.4 Å². The van der Waals surface area contributed by atoms with Gasteiger partial charge in [-0.1, -0.05) is 24.8 Å². The Morgan fingerprint density at radius 2 is 1.89 bits per heavy atom. The van der Waals surface area contributed by atoms with Crippen LogP contribution in [0.2, 0.25) is 0 Å². The molecule has 0 aliphatic carbocycles. The van der Waals surface area contributed by atoms with Gasteiger partial charge in [-0.05, 0) is 54.3 Å². The molecule has 6 heteroatoms. The van der Waals surface area contributed by atoms with E-state index in [1.54, 1.807) is 19.1 Å². The zero-order valence-electron chi connectivity index (χ0n) is 15.8. The van der Waals surface area contributed by atoms with E-state index in [0.717, 1.165) is 24.1 Å². The molecule has 2 aromatic rings. The molecule has 0 amide bonds. The second-order valence-corrected chi connectivity index (χ2v) is 6.72. The van der Waals surface area contributed by atoms with Crippen molar-refractivity contribution in [1.29, 1.82) is 0 Å². The van der Waals surface area contributed by atoms with Crippen molar-refractivity contribution < 1.29 is 14.5 Å². The van der Waals surface area contributed by atoms with Gasteiger partial charge in [0.2, 0.25) is 0 Å². The molecule has 0 saturated carbocycles. The van der Waals surface area contributed by atoms with Crippen molar-refractivity contribution >= 4 is 29.5 Å². The summed E-state index contributed by atoms with van der Waals surface area (Å²) in [4.78, 5) is 24.0. The molecule has 0 saturated heterocycles. The van der Waals surface area contributed by atoms with E-state index in [4.69, 9.17) is 4.74 Å². The number of hydrogen-bond donors (Lipinski definition) is 0. The number of nitro benzene ring substituents is 1. The van der Waals surface area contributed by atoms with Gasteiger partial charge in [-0.15, -0.1) is 0 Å². The van der Waals surface area contributed by atoms with Crippen molar-refractivity contribution in [2.75, 3.05) is 24.6 Å². The average molecular weight is 378 g/mol. The lowest BCUT2D eigenvalue weighted by Gasteiger charge is -2.19. The zero-order chi connectivity index (χ0) is 20.1. The van der Waals surface area contributed by atoms with Crippen LogP contribution >= 0.6 is 0 Å². The van der Waals surface area contributed by atoms with Gasteiger partial charge in [0.25, 0.3) is 5.69 Å². The van der Waals surface area contributed by atoms with Gasteiger partial charge in [-0.3, -0.25) is 10.1 Å². The highest BCUT2D eigenvalue weighted by atomic mass is 16.6. The summed E-state index contributed by atoms with van der Waals surface area (Å²) in [6.45, 7) is 7.11. The molecule has 28 heavy (non-hydrogen) atoms. The van der Waals surface area contributed by atoms with Crippen molar-refractivity contribution in [3.8, 4) is 0 Å².